The van der Waals surface area contributed by atoms with Crippen LogP contribution in [0.2, 0.25) is 0 Å². The van der Waals surface area contributed by atoms with Crippen molar-refractivity contribution < 1.29 is 14.3 Å². The first-order chi connectivity index (χ1) is 8.56. The number of carboxylic acid groups (broad SMARTS) is 1. The molecule has 2 aromatic rings. The van der Waals surface area contributed by atoms with Gasteiger partial charge in [0.25, 0.3) is 0 Å². The zero-order valence-corrected chi connectivity index (χ0v) is 10.4. The molecule has 6 heteroatoms. The van der Waals surface area contributed by atoms with Crippen molar-refractivity contribution in [1.82, 2.24) is 9.78 Å². The maximum Gasteiger partial charge on any atom is 0.335 e. The van der Waals surface area contributed by atoms with Crippen LogP contribution in [0.15, 0.2) is 35.5 Å². The number of aromatic nitrogens is 2. The number of carbonyl (C=O) groups is 1. The van der Waals surface area contributed by atoms with Crippen LogP contribution in [0.4, 0.5) is 4.39 Å². The van der Waals surface area contributed by atoms with Gasteiger partial charge < -0.3 is 5.11 Å². The minimum atomic E-state index is -1.06. The topological polar surface area (TPSA) is 55.1 Å². The molecule has 18 heavy (non-hydrogen) atoms. The fraction of sp³-hybridized carbons (Fsp3) is 0.167. The zero-order chi connectivity index (χ0) is 13.1. The number of halogens is 1. The molecule has 0 amide bonds. The minimum Gasteiger partial charge on any atom is -0.478 e. The summed E-state index contributed by atoms with van der Waals surface area (Å²) in [6, 6.07) is 3.78. The Labute approximate surface area is 107 Å². The molecule has 1 N–H and O–H groups in total. The number of nitrogens with zero attached hydrogens (tertiary/aromatic N) is 2. The minimum absolute atomic E-state index is 0.0880. The average Bonchev–Trinajstić information content (AvgIpc) is 2.74. The Balaban J connectivity index is 2.13. The molecule has 2 rings (SSSR count). The lowest BCUT2D eigenvalue weighted by Crippen LogP contribution is -1.97. The molecule has 0 aliphatic heterocycles. The molecule has 1 heterocycles. The molecule has 0 saturated heterocycles. The Bertz CT molecular complexity index is 583. The van der Waals surface area contributed by atoms with E-state index in [9.17, 15) is 9.18 Å². The van der Waals surface area contributed by atoms with E-state index in [4.69, 9.17) is 5.11 Å². The highest BCUT2D eigenvalue weighted by Gasteiger charge is 2.09. The predicted octanol–water partition coefficient (Wildman–Crippen LogP) is 2.55. The van der Waals surface area contributed by atoms with E-state index in [1.54, 1.807) is 17.9 Å². The summed E-state index contributed by atoms with van der Waals surface area (Å²) < 4.78 is 15.2. The SMILES string of the molecule is Cn1cc(CSc2cc(C(=O)O)ccc2F)cn1. The molecule has 0 aliphatic carbocycles. The molecule has 0 radical (unpaired) electrons. The third-order valence-electron chi connectivity index (χ3n) is 2.33. The van der Waals surface area contributed by atoms with E-state index in [2.05, 4.69) is 5.10 Å². The molecular formula is C12H11FN2O2S. The van der Waals surface area contributed by atoms with Crippen molar-refractivity contribution in [1.29, 1.82) is 0 Å². The first-order valence-corrected chi connectivity index (χ1v) is 6.18. The highest BCUT2D eigenvalue weighted by molar-refractivity contribution is 7.98. The van der Waals surface area contributed by atoms with E-state index < -0.39 is 11.8 Å². The van der Waals surface area contributed by atoms with Crippen molar-refractivity contribution in [3.63, 3.8) is 0 Å². The summed E-state index contributed by atoms with van der Waals surface area (Å²) in [5.74, 6) is -0.916. The van der Waals surface area contributed by atoms with Gasteiger partial charge in [0.2, 0.25) is 0 Å². The summed E-state index contributed by atoms with van der Waals surface area (Å²) in [7, 11) is 1.81. The maximum absolute atomic E-state index is 13.5. The molecule has 0 fully saturated rings. The van der Waals surface area contributed by atoms with Gasteiger partial charge in [-0.05, 0) is 18.2 Å². The van der Waals surface area contributed by atoms with Gasteiger partial charge in [0.1, 0.15) is 5.82 Å². The van der Waals surface area contributed by atoms with Crippen LogP contribution in [-0.4, -0.2) is 20.9 Å². The Morgan fingerprint density at radius 2 is 2.33 bits per heavy atom. The summed E-state index contributed by atoms with van der Waals surface area (Å²) in [5.41, 5.74) is 1.05. The molecule has 1 aromatic heterocycles. The van der Waals surface area contributed by atoms with Gasteiger partial charge in [0.15, 0.2) is 0 Å². The number of thioether (sulfide) groups is 1. The molecule has 0 unspecified atom stereocenters. The highest BCUT2D eigenvalue weighted by Crippen LogP contribution is 2.26. The smallest absolute Gasteiger partial charge is 0.335 e. The molecule has 0 atom stereocenters. The van der Waals surface area contributed by atoms with Crippen molar-refractivity contribution in [2.24, 2.45) is 7.05 Å². The Kier molecular flexibility index (Phi) is 3.66. The molecule has 4 nitrogen and oxygen atoms in total. The Morgan fingerprint density at radius 1 is 1.56 bits per heavy atom. The van der Waals surface area contributed by atoms with E-state index >= 15 is 0 Å². The van der Waals surface area contributed by atoms with Crippen molar-refractivity contribution >= 4 is 17.7 Å². The molecule has 0 bridgehead atoms. The van der Waals surface area contributed by atoms with E-state index in [-0.39, 0.29) is 5.56 Å². The number of benzene rings is 1. The van der Waals surface area contributed by atoms with Crippen LogP contribution in [0.1, 0.15) is 15.9 Å². The molecule has 1 aromatic carbocycles. The van der Waals surface area contributed by atoms with Crippen LogP contribution in [-0.2, 0) is 12.8 Å². The van der Waals surface area contributed by atoms with Crippen LogP contribution in [0.3, 0.4) is 0 Å². The van der Waals surface area contributed by atoms with Gasteiger partial charge in [-0.2, -0.15) is 5.10 Å². The number of carboxylic acids is 1. The van der Waals surface area contributed by atoms with Gasteiger partial charge in [0, 0.05) is 29.5 Å². The van der Waals surface area contributed by atoms with E-state index in [1.807, 2.05) is 6.20 Å². The third-order valence-corrected chi connectivity index (χ3v) is 3.43. The zero-order valence-electron chi connectivity index (χ0n) is 9.63. The lowest BCUT2D eigenvalue weighted by Gasteiger charge is -2.03. The lowest BCUT2D eigenvalue weighted by atomic mass is 10.2. The van der Waals surface area contributed by atoms with Crippen LogP contribution >= 0.6 is 11.8 Å². The number of aryl methyl sites for hydroxylation is 1. The first kappa shape index (κ1) is 12.6. The van der Waals surface area contributed by atoms with Gasteiger partial charge in [-0.15, -0.1) is 11.8 Å². The Hall–Kier alpha value is -1.82. The van der Waals surface area contributed by atoms with Crippen LogP contribution in [0, 0.1) is 5.82 Å². The van der Waals surface area contributed by atoms with Crippen molar-refractivity contribution in [3.8, 4) is 0 Å². The van der Waals surface area contributed by atoms with Crippen molar-refractivity contribution in [2.75, 3.05) is 0 Å². The normalized spacial score (nSPS) is 10.6. The standard InChI is InChI=1S/C12H11FN2O2S/c1-15-6-8(5-14-15)7-18-11-4-9(12(16)17)2-3-10(11)13/h2-6H,7H2,1H3,(H,16,17). The van der Waals surface area contributed by atoms with Gasteiger partial charge in [-0.1, -0.05) is 0 Å². The lowest BCUT2D eigenvalue weighted by molar-refractivity contribution is 0.0696. The van der Waals surface area contributed by atoms with Crippen LogP contribution in [0.5, 0.6) is 0 Å². The molecule has 0 aliphatic rings. The number of rotatable bonds is 4. The quantitative estimate of drug-likeness (QED) is 0.864. The average molecular weight is 266 g/mol. The largest absolute Gasteiger partial charge is 0.478 e. The summed E-state index contributed by atoms with van der Waals surface area (Å²) >= 11 is 1.25. The van der Waals surface area contributed by atoms with Gasteiger partial charge in [-0.25, -0.2) is 9.18 Å². The second kappa shape index (κ2) is 5.22. The summed E-state index contributed by atoms with van der Waals surface area (Å²) in [4.78, 5) is 11.1. The van der Waals surface area contributed by atoms with Crippen molar-refractivity contribution in [3.05, 3.63) is 47.5 Å². The maximum atomic E-state index is 13.5. The fourth-order valence-electron chi connectivity index (χ4n) is 1.45. The summed E-state index contributed by atoms with van der Waals surface area (Å²) in [5, 5.41) is 12.9. The van der Waals surface area contributed by atoms with Crippen LogP contribution in [0.25, 0.3) is 0 Å². The number of hydrogen-bond acceptors (Lipinski definition) is 3. The van der Waals surface area contributed by atoms with Crippen molar-refractivity contribution in [2.45, 2.75) is 10.6 Å². The fourth-order valence-corrected chi connectivity index (χ4v) is 2.34. The van der Waals surface area contributed by atoms with E-state index in [1.165, 1.54) is 30.0 Å². The monoisotopic (exact) mass is 266 g/mol. The molecule has 94 valence electrons. The number of hydrogen-bond donors (Lipinski definition) is 1. The van der Waals surface area contributed by atoms with Gasteiger partial charge in [-0.3, -0.25) is 4.68 Å². The van der Waals surface area contributed by atoms with Gasteiger partial charge >= 0.3 is 5.97 Å². The number of aromatic carboxylic acids is 1. The predicted molar refractivity (Wildman–Crippen MR) is 66.1 cm³/mol. The third kappa shape index (κ3) is 2.89. The van der Waals surface area contributed by atoms with Gasteiger partial charge in [0.05, 0.1) is 11.8 Å². The Morgan fingerprint density at radius 3 is 2.94 bits per heavy atom. The van der Waals surface area contributed by atoms with Crippen LogP contribution < -0.4 is 0 Å². The first-order valence-electron chi connectivity index (χ1n) is 5.19. The molecule has 0 spiro atoms. The second-order valence-electron chi connectivity index (χ2n) is 3.76. The molecular weight excluding hydrogens is 255 g/mol. The molecule has 0 saturated carbocycles. The summed E-state index contributed by atoms with van der Waals surface area (Å²) in [6.07, 6.45) is 3.54. The second-order valence-corrected chi connectivity index (χ2v) is 4.78. The van der Waals surface area contributed by atoms with E-state index in [0.29, 0.717) is 10.6 Å². The summed E-state index contributed by atoms with van der Waals surface area (Å²) in [6.45, 7) is 0. The van der Waals surface area contributed by atoms with E-state index in [0.717, 1.165) is 5.56 Å². The highest BCUT2D eigenvalue weighted by atomic mass is 32.2.